The van der Waals surface area contributed by atoms with E-state index in [0.717, 1.165) is 36.8 Å². The fourth-order valence-electron chi connectivity index (χ4n) is 1.57. The Kier molecular flexibility index (Phi) is 4.08. The van der Waals surface area contributed by atoms with Crippen LogP contribution < -0.4 is 5.32 Å². The number of hydrogen-bond acceptors (Lipinski definition) is 5. The molecule has 1 N–H and O–H groups in total. The zero-order valence-electron chi connectivity index (χ0n) is 10.2. The van der Waals surface area contributed by atoms with Crippen LogP contribution in [0.1, 0.15) is 24.7 Å². The highest BCUT2D eigenvalue weighted by atomic mass is 32.1. The highest BCUT2D eigenvalue weighted by Gasteiger charge is 2.02. The number of aryl methyl sites for hydroxylation is 2. The Bertz CT molecular complexity index is 462. The summed E-state index contributed by atoms with van der Waals surface area (Å²) in [5, 5.41) is 8.34. The van der Waals surface area contributed by atoms with Gasteiger partial charge in [0, 0.05) is 37.7 Å². The Balaban J connectivity index is 1.77. The van der Waals surface area contributed by atoms with Crippen LogP contribution in [-0.2, 0) is 19.9 Å². The van der Waals surface area contributed by atoms with Gasteiger partial charge in [0.2, 0.25) is 5.13 Å². The fourth-order valence-corrected chi connectivity index (χ4v) is 2.20. The molecule has 0 unspecified atom stereocenters. The van der Waals surface area contributed by atoms with E-state index in [0.29, 0.717) is 0 Å². The van der Waals surface area contributed by atoms with Crippen molar-refractivity contribution in [2.45, 2.75) is 26.2 Å². The van der Waals surface area contributed by atoms with E-state index < -0.39 is 0 Å². The maximum Gasteiger partial charge on any atom is 0.202 e. The molecule has 6 heteroatoms. The molecule has 0 aliphatic carbocycles. The first-order chi connectivity index (χ1) is 8.28. The van der Waals surface area contributed by atoms with E-state index in [1.54, 1.807) is 0 Å². The zero-order chi connectivity index (χ0) is 12.1. The first kappa shape index (κ1) is 12.0. The Morgan fingerprint density at radius 2 is 2.29 bits per heavy atom. The summed E-state index contributed by atoms with van der Waals surface area (Å²) in [7, 11) is 1.93. The Morgan fingerprint density at radius 3 is 3.00 bits per heavy atom. The van der Waals surface area contributed by atoms with E-state index in [1.165, 1.54) is 17.1 Å². The van der Waals surface area contributed by atoms with Crippen LogP contribution in [0.2, 0.25) is 0 Å². The van der Waals surface area contributed by atoms with E-state index in [-0.39, 0.29) is 0 Å². The SMILES string of the molecule is CCCc1nsc(NCCc2cnn(C)c2)n1. The summed E-state index contributed by atoms with van der Waals surface area (Å²) < 4.78 is 6.11. The number of nitrogens with one attached hydrogen (secondary N) is 1. The summed E-state index contributed by atoms with van der Waals surface area (Å²) in [6.45, 7) is 3.00. The Morgan fingerprint density at radius 1 is 1.41 bits per heavy atom. The number of anilines is 1. The maximum absolute atomic E-state index is 4.41. The van der Waals surface area contributed by atoms with Gasteiger partial charge in [-0.25, -0.2) is 4.98 Å². The van der Waals surface area contributed by atoms with Crippen LogP contribution in [0.5, 0.6) is 0 Å². The second kappa shape index (κ2) is 5.77. The van der Waals surface area contributed by atoms with Crippen molar-refractivity contribution in [3.8, 4) is 0 Å². The van der Waals surface area contributed by atoms with E-state index in [4.69, 9.17) is 0 Å². The van der Waals surface area contributed by atoms with Gasteiger partial charge in [-0.15, -0.1) is 0 Å². The van der Waals surface area contributed by atoms with Crippen molar-refractivity contribution in [1.29, 1.82) is 0 Å². The molecule has 2 aromatic heterocycles. The molecule has 0 saturated carbocycles. The summed E-state index contributed by atoms with van der Waals surface area (Å²) in [5.74, 6) is 0.946. The molecule has 0 aliphatic rings. The van der Waals surface area contributed by atoms with Crippen LogP contribution in [-0.4, -0.2) is 25.7 Å². The lowest BCUT2D eigenvalue weighted by atomic mass is 10.2. The minimum Gasteiger partial charge on any atom is -0.360 e. The third kappa shape index (κ3) is 3.52. The second-order valence-corrected chi connectivity index (χ2v) is 4.72. The lowest BCUT2D eigenvalue weighted by Crippen LogP contribution is -2.04. The number of nitrogens with zero attached hydrogens (tertiary/aromatic N) is 4. The van der Waals surface area contributed by atoms with Crippen molar-refractivity contribution in [2.75, 3.05) is 11.9 Å². The number of hydrogen-bond donors (Lipinski definition) is 1. The molecule has 2 heterocycles. The average molecular weight is 251 g/mol. The highest BCUT2D eigenvalue weighted by molar-refractivity contribution is 7.09. The largest absolute Gasteiger partial charge is 0.360 e. The standard InChI is InChI=1S/C11H17N5S/c1-3-4-10-14-11(17-15-10)12-6-5-9-7-13-16(2)8-9/h7-8H,3-6H2,1-2H3,(H,12,14,15). The molecule has 0 spiro atoms. The van der Waals surface area contributed by atoms with E-state index in [9.17, 15) is 0 Å². The lowest BCUT2D eigenvalue weighted by molar-refractivity contribution is 0.767. The van der Waals surface area contributed by atoms with Crippen molar-refractivity contribution in [3.63, 3.8) is 0 Å². The molecular weight excluding hydrogens is 234 g/mol. The first-order valence-electron chi connectivity index (χ1n) is 5.82. The van der Waals surface area contributed by atoms with Crippen LogP contribution in [0.4, 0.5) is 5.13 Å². The van der Waals surface area contributed by atoms with Gasteiger partial charge < -0.3 is 5.32 Å². The molecule has 0 amide bonds. The van der Waals surface area contributed by atoms with Crippen molar-refractivity contribution >= 4 is 16.7 Å². The molecule has 2 aromatic rings. The van der Waals surface area contributed by atoms with Crippen molar-refractivity contribution in [1.82, 2.24) is 19.1 Å². The van der Waals surface area contributed by atoms with E-state index in [1.807, 2.05) is 24.1 Å². The normalized spacial score (nSPS) is 10.7. The van der Waals surface area contributed by atoms with Gasteiger partial charge in [-0.2, -0.15) is 9.47 Å². The molecule has 0 aliphatic heterocycles. The predicted molar refractivity (Wildman–Crippen MR) is 69.3 cm³/mol. The van der Waals surface area contributed by atoms with Gasteiger partial charge in [-0.05, 0) is 18.4 Å². The fraction of sp³-hybridized carbons (Fsp3) is 0.545. The van der Waals surface area contributed by atoms with Crippen LogP contribution in [0.3, 0.4) is 0 Å². The molecule has 0 radical (unpaired) electrons. The topological polar surface area (TPSA) is 55.6 Å². The molecule has 92 valence electrons. The number of rotatable bonds is 6. The third-order valence-corrected chi connectivity index (χ3v) is 3.10. The molecular formula is C11H17N5S. The summed E-state index contributed by atoms with van der Waals surface area (Å²) in [6, 6.07) is 0. The van der Waals surface area contributed by atoms with Gasteiger partial charge in [0.25, 0.3) is 0 Å². The minimum absolute atomic E-state index is 0.868. The van der Waals surface area contributed by atoms with Crippen molar-refractivity contribution in [2.24, 2.45) is 7.05 Å². The second-order valence-electron chi connectivity index (χ2n) is 3.96. The summed E-state index contributed by atoms with van der Waals surface area (Å²) in [5.41, 5.74) is 1.23. The van der Waals surface area contributed by atoms with Crippen molar-refractivity contribution < 1.29 is 0 Å². The Labute approximate surface area is 105 Å². The van der Waals surface area contributed by atoms with Gasteiger partial charge in [-0.3, -0.25) is 4.68 Å². The molecule has 5 nitrogen and oxygen atoms in total. The average Bonchev–Trinajstić information content (AvgIpc) is 2.89. The maximum atomic E-state index is 4.41. The van der Waals surface area contributed by atoms with Crippen LogP contribution in [0.15, 0.2) is 12.4 Å². The molecule has 17 heavy (non-hydrogen) atoms. The van der Waals surface area contributed by atoms with E-state index >= 15 is 0 Å². The van der Waals surface area contributed by atoms with Gasteiger partial charge in [-0.1, -0.05) is 6.92 Å². The molecule has 2 rings (SSSR count). The van der Waals surface area contributed by atoms with Crippen LogP contribution >= 0.6 is 11.5 Å². The smallest absolute Gasteiger partial charge is 0.202 e. The third-order valence-electron chi connectivity index (χ3n) is 2.39. The van der Waals surface area contributed by atoms with E-state index in [2.05, 4.69) is 26.7 Å². The van der Waals surface area contributed by atoms with Crippen LogP contribution in [0, 0.1) is 0 Å². The summed E-state index contributed by atoms with van der Waals surface area (Å²) in [6.07, 6.45) is 6.93. The lowest BCUT2D eigenvalue weighted by Gasteiger charge is -1.99. The molecule has 0 aromatic carbocycles. The van der Waals surface area contributed by atoms with Gasteiger partial charge in [0.15, 0.2) is 0 Å². The minimum atomic E-state index is 0.868. The van der Waals surface area contributed by atoms with Crippen LogP contribution in [0.25, 0.3) is 0 Å². The number of aromatic nitrogens is 4. The Hall–Kier alpha value is -1.43. The molecule has 0 saturated heterocycles. The van der Waals surface area contributed by atoms with Gasteiger partial charge in [0.1, 0.15) is 5.82 Å². The molecule has 0 fully saturated rings. The zero-order valence-corrected chi connectivity index (χ0v) is 11.0. The quantitative estimate of drug-likeness (QED) is 0.851. The van der Waals surface area contributed by atoms with Gasteiger partial charge >= 0.3 is 0 Å². The van der Waals surface area contributed by atoms with Crippen molar-refractivity contribution in [3.05, 3.63) is 23.8 Å². The molecule has 0 atom stereocenters. The highest BCUT2D eigenvalue weighted by Crippen LogP contribution is 2.12. The monoisotopic (exact) mass is 251 g/mol. The first-order valence-corrected chi connectivity index (χ1v) is 6.59. The van der Waals surface area contributed by atoms with Gasteiger partial charge in [0.05, 0.1) is 6.20 Å². The summed E-state index contributed by atoms with van der Waals surface area (Å²) in [4.78, 5) is 4.41. The summed E-state index contributed by atoms with van der Waals surface area (Å²) >= 11 is 1.44. The predicted octanol–water partition coefficient (Wildman–Crippen LogP) is 1.88. The molecule has 0 bridgehead atoms.